The van der Waals surface area contributed by atoms with Crippen LogP contribution < -0.4 is 9.62 Å². The first-order valence-electron chi connectivity index (χ1n) is 5.55. The summed E-state index contributed by atoms with van der Waals surface area (Å²) >= 11 is 3.47. The zero-order valence-corrected chi connectivity index (χ0v) is 11.8. The molecule has 1 N–H and O–H groups in total. The Labute approximate surface area is 109 Å². The van der Waals surface area contributed by atoms with Crippen molar-refractivity contribution in [1.29, 1.82) is 0 Å². The number of benzene rings is 1. The molecule has 1 saturated carbocycles. The van der Waals surface area contributed by atoms with Gasteiger partial charge in [-0.2, -0.15) is 4.72 Å². The minimum absolute atomic E-state index is 0.384. The summed E-state index contributed by atoms with van der Waals surface area (Å²) < 4.78 is 27.5. The maximum atomic E-state index is 12.0. The highest BCUT2D eigenvalue weighted by Gasteiger charge is 2.36. The van der Waals surface area contributed by atoms with Crippen molar-refractivity contribution < 1.29 is 8.42 Å². The third-order valence-electron chi connectivity index (χ3n) is 3.25. The molecule has 6 heteroatoms. The number of nitrogens with zero attached hydrogens (tertiary/aromatic N) is 1. The normalized spacial score (nSPS) is 22.4. The van der Waals surface area contributed by atoms with Crippen LogP contribution in [0.2, 0.25) is 0 Å². The Kier molecular flexibility index (Phi) is 2.50. The van der Waals surface area contributed by atoms with Crippen LogP contribution in [0.1, 0.15) is 18.4 Å². The highest BCUT2D eigenvalue weighted by molar-refractivity contribution is 9.10. The summed E-state index contributed by atoms with van der Waals surface area (Å²) in [6, 6.07) is 4.14. The number of halogens is 1. The van der Waals surface area contributed by atoms with Crippen molar-refractivity contribution >= 4 is 31.6 Å². The molecule has 2 aliphatic rings. The Morgan fingerprint density at radius 3 is 2.76 bits per heavy atom. The van der Waals surface area contributed by atoms with E-state index in [2.05, 4.69) is 25.6 Å². The van der Waals surface area contributed by atoms with Gasteiger partial charge in [-0.3, -0.25) is 0 Å². The van der Waals surface area contributed by atoms with E-state index in [4.69, 9.17) is 0 Å². The van der Waals surface area contributed by atoms with Crippen LogP contribution in [0.3, 0.4) is 0 Å². The van der Waals surface area contributed by atoms with Gasteiger partial charge >= 0.3 is 0 Å². The Morgan fingerprint density at radius 1 is 1.41 bits per heavy atom. The molecule has 1 heterocycles. The molecule has 0 radical (unpaired) electrons. The average Bonchev–Trinajstić information content (AvgIpc) is 3.05. The van der Waals surface area contributed by atoms with Crippen molar-refractivity contribution in [3.05, 3.63) is 22.2 Å². The van der Waals surface area contributed by atoms with E-state index in [0.29, 0.717) is 17.6 Å². The second kappa shape index (κ2) is 3.70. The van der Waals surface area contributed by atoms with Gasteiger partial charge in [0.15, 0.2) is 0 Å². The Morgan fingerprint density at radius 2 is 2.12 bits per heavy atom. The second-order valence-electron chi connectivity index (χ2n) is 4.58. The number of nitrogens with one attached hydrogen (secondary N) is 1. The predicted molar refractivity (Wildman–Crippen MR) is 69.6 cm³/mol. The maximum absolute atomic E-state index is 12.0. The van der Waals surface area contributed by atoms with Gasteiger partial charge in [-0.1, -0.05) is 15.9 Å². The topological polar surface area (TPSA) is 49.4 Å². The van der Waals surface area contributed by atoms with Crippen LogP contribution in [-0.4, -0.2) is 21.1 Å². The molecule has 1 aliphatic heterocycles. The predicted octanol–water partition coefficient (Wildman–Crippen LogP) is 1.98. The van der Waals surface area contributed by atoms with Gasteiger partial charge in [-0.05, 0) is 37.5 Å². The first kappa shape index (κ1) is 11.5. The fourth-order valence-electron chi connectivity index (χ4n) is 2.11. The van der Waals surface area contributed by atoms with Crippen molar-refractivity contribution in [3.8, 4) is 0 Å². The molecule has 1 aromatic carbocycles. The molecule has 1 aromatic rings. The van der Waals surface area contributed by atoms with Crippen LogP contribution in [-0.2, 0) is 10.0 Å². The molecule has 0 aromatic heterocycles. The van der Waals surface area contributed by atoms with E-state index < -0.39 is 10.0 Å². The number of hydrogen-bond acceptors (Lipinski definition) is 3. The highest BCUT2D eigenvalue weighted by Crippen LogP contribution is 2.39. The quantitative estimate of drug-likeness (QED) is 0.862. The Bertz CT molecular complexity index is 581. The third kappa shape index (κ3) is 1.88. The Hall–Kier alpha value is -0.590. The molecule has 1 aliphatic carbocycles. The van der Waals surface area contributed by atoms with Gasteiger partial charge in [0.05, 0.1) is 12.4 Å². The Balaban J connectivity index is 2.20. The van der Waals surface area contributed by atoms with Crippen molar-refractivity contribution in [2.75, 3.05) is 11.6 Å². The molecule has 17 heavy (non-hydrogen) atoms. The summed E-state index contributed by atoms with van der Waals surface area (Å²) in [6.07, 6.45) is 2.29. The minimum atomic E-state index is -3.33. The van der Waals surface area contributed by atoms with Crippen LogP contribution in [0.25, 0.3) is 0 Å². The van der Waals surface area contributed by atoms with Crippen LogP contribution >= 0.6 is 15.9 Å². The summed E-state index contributed by atoms with van der Waals surface area (Å²) in [5.41, 5.74) is 1.76. The molecular formula is C11H13BrN2O2S. The second-order valence-corrected chi connectivity index (χ2v) is 7.17. The number of rotatable bonds is 1. The van der Waals surface area contributed by atoms with E-state index in [9.17, 15) is 8.42 Å². The summed E-state index contributed by atoms with van der Waals surface area (Å²) in [4.78, 5) is 2.54. The fraction of sp³-hybridized carbons (Fsp3) is 0.455. The standard InChI is InChI=1S/C11H13BrN2O2S/c1-7-4-11-10(5-9(7)12)14(8-2-3-8)6-13-17(11,15)16/h4-5,8,13H,2-3,6H2,1H3. The molecule has 1 fully saturated rings. The first-order chi connectivity index (χ1) is 7.99. The van der Waals surface area contributed by atoms with Crippen LogP contribution in [0.15, 0.2) is 21.5 Å². The number of aryl methyl sites for hydroxylation is 1. The largest absolute Gasteiger partial charge is 0.354 e. The van der Waals surface area contributed by atoms with Gasteiger partial charge in [0.1, 0.15) is 4.90 Å². The smallest absolute Gasteiger partial charge is 0.244 e. The SMILES string of the molecule is Cc1cc2c(cc1Br)N(C1CC1)CNS2(=O)=O. The summed E-state index contributed by atoms with van der Waals surface area (Å²) in [6.45, 7) is 2.28. The lowest BCUT2D eigenvalue weighted by Crippen LogP contribution is -2.44. The monoisotopic (exact) mass is 316 g/mol. The molecule has 4 nitrogen and oxygen atoms in total. The number of fused-ring (bicyclic) bond motifs is 1. The molecule has 0 saturated heterocycles. The van der Waals surface area contributed by atoms with Crippen molar-refractivity contribution in [2.24, 2.45) is 0 Å². The van der Waals surface area contributed by atoms with Gasteiger partial charge in [-0.15, -0.1) is 0 Å². The van der Waals surface area contributed by atoms with E-state index in [0.717, 1.165) is 28.6 Å². The maximum Gasteiger partial charge on any atom is 0.244 e. The van der Waals surface area contributed by atoms with Gasteiger partial charge in [0.25, 0.3) is 0 Å². The summed E-state index contributed by atoms with van der Waals surface area (Å²) in [5.74, 6) is 0. The van der Waals surface area contributed by atoms with Crippen molar-refractivity contribution in [3.63, 3.8) is 0 Å². The first-order valence-corrected chi connectivity index (χ1v) is 7.83. The van der Waals surface area contributed by atoms with E-state index in [1.54, 1.807) is 6.07 Å². The highest BCUT2D eigenvalue weighted by atomic mass is 79.9. The lowest BCUT2D eigenvalue weighted by atomic mass is 10.2. The molecule has 3 rings (SSSR count). The zero-order valence-electron chi connectivity index (χ0n) is 9.40. The molecule has 0 unspecified atom stereocenters. The van der Waals surface area contributed by atoms with Crippen LogP contribution in [0.4, 0.5) is 5.69 Å². The summed E-state index contributed by atoms with van der Waals surface area (Å²) in [7, 11) is -3.33. The average molecular weight is 317 g/mol. The third-order valence-corrected chi connectivity index (χ3v) is 5.52. The summed E-state index contributed by atoms with van der Waals surface area (Å²) in [5, 5.41) is 0. The van der Waals surface area contributed by atoms with Gasteiger partial charge in [-0.25, -0.2) is 8.42 Å². The van der Waals surface area contributed by atoms with E-state index in [1.165, 1.54) is 0 Å². The molecule has 0 spiro atoms. The van der Waals surface area contributed by atoms with E-state index >= 15 is 0 Å². The van der Waals surface area contributed by atoms with E-state index in [1.807, 2.05) is 13.0 Å². The number of sulfonamides is 1. The zero-order chi connectivity index (χ0) is 12.2. The van der Waals surface area contributed by atoms with Crippen LogP contribution in [0, 0.1) is 6.92 Å². The minimum Gasteiger partial charge on any atom is -0.354 e. The van der Waals surface area contributed by atoms with Crippen molar-refractivity contribution in [1.82, 2.24) is 4.72 Å². The lowest BCUT2D eigenvalue weighted by molar-refractivity contribution is 0.570. The molecule has 0 amide bonds. The van der Waals surface area contributed by atoms with Crippen LogP contribution in [0.5, 0.6) is 0 Å². The lowest BCUT2D eigenvalue weighted by Gasteiger charge is -2.32. The van der Waals surface area contributed by atoms with Crippen molar-refractivity contribution in [2.45, 2.75) is 30.7 Å². The van der Waals surface area contributed by atoms with Gasteiger partial charge in [0.2, 0.25) is 10.0 Å². The molecular weight excluding hydrogens is 304 g/mol. The van der Waals surface area contributed by atoms with E-state index in [-0.39, 0.29) is 0 Å². The number of hydrogen-bond donors (Lipinski definition) is 1. The van der Waals surface area contributed by atoms with Gasteiger partial charge in [0, 0.05) is 10.5 Å². The molecule has 0 bridgehead atoms. The van der Waals surface area contributed by atoms with Gasteiger partial charge < -0.3 is 4.90 Å². The molecule has 0 atom stereocenters. The number of anilines is 1. The fourth-order valence-corrected chi connectivity index (χ4v) is 3.69. The molecule has 92 valence electrons.